The lowest BCUT2D eigenvalue weighted by Gasteiger charge is -2.34. The molecule has 3 rings (SSSR count). The van der Waals surface area contributed by atoms with E-state index in [4.69, 9.17) is 14.2 Å². The van der Waals surface area contributed by atoms with Gasteiger partial charge >= 0.3 is 0 Å². The van der Waals surface area contributed by atoms with Gasteiger partial charge in [0.1, 0.15) is 17.2 Å². The summed E-state index contributed by atoms with van der Waals surface area (Å²) in [6.45, 7) is 6.43. The van der Waals surface area contributed by atoms with E-state index in [1.54, 1.807) is 20.3 Å². The van der Waals surface area contributed by atoms with Crippen molar-refractivity contribution in [1.82, 2.24) is 9.80 Å². The molecular weight excluding hydrogens is 380 g/mol. The third-order valence-electron chi connectivity index (χ3n) is 5.17. The third-order valence-corrected chi connectivity index (χ3v) is 5.17. The molecule has 6 heteroatoms. The Labute approximate surface area is 178 Å². The molecule has 0 aliphatic carbocycles. The molecule has 30 heavy (non-hydrogen) atoms. The maximum atomic E-state index is 12.5. The van der Waals surface area contributed by atoms with Gasteiger partial charge in [-0.05, 0) is 48.9 Å². The Morgan fingerprint density at radius 1 is 0.967 bits per heavy atom. The van der Waals surface area contributed by atoms with Gasteiger partial charge in [0, 0.05) is 44.4 Å². The minimum atomic E-state index is 0.0440. The monoisotopic (exact) mass is 410 g/mol. The van der Waals surface area contributed by atoms with Crippen LogP contribution < -0.4 is 14.2 Å². The first-order valence-electron chi connectivity index (χ1n) is 10.3. The van der Waals surface area contributed by atoms with Crippen molar-refractivity contribution in [2.24, 2.45) is 0 Å². The van der Waals surface area contributed by atoms with E-state index in [9.17, 15) is 4.79 Å². The van der Waals surface area contributed by atoms with Crippen molar-refractivity contribution in [2.45, 2.75) is 13.5 Å². The van der Waals surface area contributed by atoms with Gasteiger partial charge in [0.15, 0.2) is 0 Å². The largest absolute Gasteiger partial charge is 0.497 e. The van der Waals surface area contributed by atoms with Crippen molar-refractivity contribution in [3.8, 4) is 17.2 Å². The van der Waals surface area contributed by atoms with E-state index < -0.39 is 0 Å². The lowest BCUT2D eigenvalue weighted by Crippen LogP contribution is -2.47. The second-order valence-corrected chi connectivity index (χ2v) is 7.11. The zero-order chi connectivity index (χ0) is 21.3. The molecule has 0 unspecified atom stereocenters. The van der Waals surface area contributed by atoms with Crippen molar-refractivity contribution < 1.29 is 19.0 Å². The van der Waals surface area contributed by atoms with Crippen LogP contribution in [0.15, 0.2) is 48.5 Å². The van der Waals surface area contributed by atoms with E-state index in [0.29, 0.717) is 19.7 Å². The molecule has 0 atom stereocenters. The number of amides is 1. The highest BCUT2D eigenvalue weighted by atomic mass is 16.5. The van der Waals surface area contributed by atoms with Crippen LogP contribution in [0.3, 0.4) is 0 Å². The molecule has 1 aliphatic heterocycles. The molecule has 0 saturated carbocycles. The van der Waals surface area contributed by atoms with Crippen molar-refractivity contribution in [2.75, 3.05) is 47.0 Å². The average Bonchev–Trinajstić information content (AvgIpc) is 2.79. The number of piperazine rings is 1. The number of ether oxygens (including phenoxy) is 3. The molecule has 1 aliphatic rings. The van der Waals surface area contributed by atoms with Crippen LogP contribution in [-0.2, 0) is 11.3 Å². The van der Waals surface area contributed by atoms with Crippen LogP contribution in [0.4, 0.5) is 0 Å². The predicted octanol–water partition coefficient (Wildman–Crippen LogP) is 3.46. The molecular formula is C24H30N2O4. The number of hydrogen-bond acceptors (Lipinski definition) is 5. The SMILES string of the molecule is CCOc1ccc(/C=C/C(=O)N2CCN(Cc3cc(OC)ccc3OC)CC2)cc1. The second-order valence-electron chi connectivity index (χ2n) is 7.11. The summed E-state index contributed by atoms with van der Waals surface area (Å²) in [5.74, 6) is 2.55. The number of benzene rings is 2. The van der Waals surface area contributed by atoms with Crippen molar-refractivity contribution in [1.29, 1.82) is 0 Å². The van der Waals surface area contributed by atoms with Gasteiger partial charge in [-0.3, -0.25) is 9.69 Å². The highest BCUT2D eigenvalue weighted by Crippen LogP contribution is 2.25. The molecule has 1 saturated heterocycles. The Morgan fingerprint density at radius 3 is 2.30 bits per heavy atom. The summed E-state index contributed by atoms with van der Waals surface area (Å²) in [6.07, 6.45) is 3.50. The molecule has 1 heterocycles. The van der Waals surface area contributed by atoms with Crippen LogP contribution in [0.1, 0.15) is 18.1 Å². The molecule has 0 N–H and O–H groups in total. The van der Waals surface area contributed by atoms with Gasteiger partial charge < -0.3 is 19.1 Å². The third kappa shape index (κ3) is 5.76. The van der Waals surface area contributed by atoms with Gasteiger partial charge in [-0.25, -0.2) is 0 Å². The van der Waals surface area contributed by atoms with Gasteiger partial charge in [0.05, 0.1) is 20.8 Å². The maximum absolute atomic E-state index is 12.5. The minimum absolute atomic E-state index is 0.0440. The summed E-state index contributed by atoms with van der Waals surface area (Å²) < 4.78 is 16.3. The quantitative estimate of drug-likeness (QED) is 0.624. The molecule has 0 aromatic heterocycles. The molecule has 2 aromatic rings. The topological polar surface area (TPSA) is 51.2 Å². The Bertz CT molecular complexity index is 856. The van der Waals surface area contributed by atoms with E-state index >= 15 is 0 Å². The van der Waals surface area contributed by atoms with E-state index in [1.165, 1.54) is 0 Å². The van der Waals surface area contributed by atoms with Crippen LogP contribution in [0.2, 0.25) is 0 Å². The number of methoxy groups -OCH3 is 2. The molecule has 0 bridgehead atoms. The molecule has 160 valence electrons. The number of carbonyl (C=O) groups excluding carboxylic acids is 1. The first-order valence-corrected chi connectivity index (χ1v) is 10.3. The number of hydrogen-bond donors (Lipinski definition) is 0. The Balaban J connectivity index is 1.52. The highest BCUT2D eigenvalue weighted by Gasteiger charge is 2.20. The summed E-state index contributed by atoms with van der Waals surface area (Å²) in [5.41, 5.74) is 2.07. The fraction of sp³-hybridized carbons (Fsp3) is 0.375. The number of nitrogens with zero attached hydrogens (tertiary/aromatic N) is 2. The zero-order valence-corrected chi connectivity index (χ0v) is 18.0. The van der Waals surface area contributed by atoms with Gasteiger partial charge in [0.2, 0.25) is 5.91 Å². The van der Waals surface area contributed by atoms with E-state index in [1.807, 2.05) is 60.4 Å². The van der Waals surface area contributed by atoms with Crippen molar-refractivity contribution in [3.63, 3.8) is 0 Å². The molecule has 6 nitrogen and oxygen atoms in total. The summed E-state index contributed by atoms with van der Waals surface area (Å²) in [4.78, 5) is 16.8. The fourth-order valence-corrected chi connectivity index (χ4v) is 3.49. The lowest BCUT2D eigenvalue weighted by molar-refractivity contribution is -0.127. The molecule has 1 fully saturated rings. The highest BCUT2D eigenvalue weighted by molar-refractivity contribution is 5.91. The second kappa shape index (κ2) is 10.7. The predicted molar refractivity (Wildman–Crippen MR) is 118 cm³/mol. The van der Waals surface area contributed by atoms with E-state index in [-0.39, 0.29) is 5.91 Å². The van der Waals surface area contributed by atoms with Crippen LogP contribution in [-0.4, -0.2) is 62.7 Å². The average molecular weight is 411 g/mol. The summed E-state index contributed by atoms with van der Waals surface area (Å²) >= 11 is 0. The zero-order valence-electron chi connectivity index (χ0n) is 18.0. The van der Waals surface area contributed by atoms with Crippen LogP contribution in [0, 0.1) is 0 Å². The lowest BCUT2D eigenvalue weighted by atomic mass is 10.1. The molecule has 0 radical (unpaired) electrons. The smallest absolute Gasteiger partial charge is 0.246 e. The number of rotatable bonds is 8. The maximum Gasteiger partial charge on any atom is 0.246 e. The summed E-state index contributed by atoms with van der Waals surface area (Å²) in [5, 5.41) is 0. The summed E-state index contributed by atoms with van der Waals surface area (Å²) in [7, 11) is 3.34. The van der Waals surface area contributed by atoms with Gasteiger partial charge in [0.25, 0.3) is 0 Å². The molecule has 1 amide bonds. The van der Waals surface area contributed by atoms with Gasteiger partial charge in [-0.15, -0.1) is 0 Å². The van der Waals surface area contributed by atoms with E-state index in [2.05, 4.69) is 4.90 Å². The Kier molecular flexibility index (Phi) is 7.74. The first-order chi connectivity index (χ1) is 14.6. The Hall–Kier alpha value is -2.99. The van der Waals surface area contributed by atoms with Crippen molar-refractivity contribution >= 4 is 12.0 Å². The number of carbonyl (C=O) groups is 1. The summed E-state index contributed by atoms with van der Waals surface area (Å²) in [6, 6.07) is 13.6. The van der Waals surface area contributed by atoms with Crippen LogP contribution in [0.25, 0.3) is 6.08 Å². The normalized spacial score (nSPS) is 14.7. The van der Waals surface area contributed by atoms with E-state index in [0.717, 1.165) is 48.0 Å². The van der Waals surface area contributed by atoms with Crippen molar-refractivity contribution in [3.05, 3.63) is 59.7 Å². The molecule has 0 spiro atoms. The molecule has 2 aromatic carbocycles. The first kappa shape index (κ1) is 21.7. The minimum Gasteiger partial charge on any atom is -0.497 e. The standard InChI is InChI=1S/C24H30N2O4/c1-4-30-21-8-5-19(6-9-21)7-12-24(27)26-15-13-25(14-16-26)18-20-17-22(28-2)10-11-23(20)29-3/h5-12,17H,4,13-16,18H2,1-3H3/b12-7+. The van der Waals surface area contributed by atoms with Gasteiger partial charge in [-0.1, -0.05) is 12.1 Å². The van der Waals surface area contributed by atoms with Crippen LogP contribution in [0.5, 0.6) is 17.2 Å². The van der Waals surface area contributed by atoms with Crippen LogP contribution >= 0.6 is 0 Å². The fourth-order valence-electron chi connectivity index (χ4n) is 3.49. The van der Waals surface area contributed by atoms with Gasteiger partial charge in [-0.2, -0.15) is 0 Å². The Morgan fingerprint density at radius 2 is 1.67 bits per heavy atom.